The van der Waals surface area contributed by atoms with Crippen molar-refractivity contribution in [3.05, 3.63) is 62.0 Å². The number of rotatable bonds is 5. The largest absolute Gasteiger partial charge is 0.494 e. The number of hydrogen-bond donors (Lipinski definition) is 0. The van der Waals surface area contributed by atoms with Crippen LogP contribution in [0.25, 0.3) is 0 Å². The molecule has 112 valence electrons. The van der Waals surface area contributed by atoms with Crippen LogP contribution in [0.15, 0.2) is 40.9 Å². The average Bonchev–Trinajstić information content (AvgIpc) is 2.43. The molecule has 0 heterocycles. The summed E-state index contributed by atoms with van der Waals surface area (Å²) in [5.41, 5.74) is 2.07. The van der Waals surface area contributed by atoms with Crippen molar-refractivity contribution in [3.63, 3.8) is 0 Å². The number of alkyl halides is 1. The molecule has 0 fully saturated rings. The van der Waals surface area contributed by atoms with Gasteiger partial charge < -0.3 is 4.74 Å². The summed E-state index contributed by atoms with van der Waals surface area (Å²) >= 11 is 22.0. The third-order valence-corrected chi connectivity index (χ3v) is 4.83. The minimum absolute atomic E-state index is 0.160. The Balaban J connectivity index is 2.16. The first-order chi connectivity index (χ1) is 10.0. The summed E-state index contributed by atoms with van der Waals surface area (Å²) < 4.78 is 6.40. The fourth-order valence-electron chi connectivity index (χ4n) is 2.00. The van der Waals surface area contributed by atoms with Gasteiger partial charge in [-0.25, -0.2) is 0 Å². The molecule has 2 rings (SSSR count). The van der Waals surface area contributed by atoms with Crippen LogP contribution in [0.2, 0.25) is 10.0 Å². The van der Waals surface area contributed by atoms with Gasteiger partial charge in [-0.2, -0.15) is 0 Å². The van der Waals surface area contributed by atoms with Crippen molar-refractivity contribution >= 4 is 50.7 Å². The monoisotopic (exact) mass is 406 g/mol. The van der Waals surface area contributed by atoms with E-state index in [0.717, 1.165) is 21.3 Å². The molecule has 0 N–H and O–H groups in total. The molecule has 1 nitrogen and oxygen atoms in total. The summed E-state index contributed by atoms with van der Waals surface area (Å²) in [5, 5.41) is 0.935. The van der Waals surface area contributed by atoms with Gasteiger partial charge in [-0.1, -0.05) is 51.3 Å². The summed E-state index contributed by atoms with van der Waals surface area (Å²) in [6.07, 6.45) is 0.672. The normalized spacial score (nSPS) is 12.2. The summed E-state index contributed by atoms with van der Waals surface area (Å²) in [6.45, 7) is 2.59. The lowest BCUT2D eigenvalue weighted by atomic mass is 10.0. The topological polar surface area (TPSA) is 9.23 Å². The second kappa shape index (κ2) is 7.73. The van der Waals surface area contributed by atoms with E-state index in [1.165, 1.54) is 0 Å². The van der Waals surface area contributed by atoms with E-state index in [1.54, 1.807) is 6.07 Å². The predicted molar refractivity (Wildman–Crippen MR) is 94.1 cm³/mol. The Hall–Kier alpha value is -0.410. The molecule has 1 unspecified atom stereocenters. The van der Waals surface area contributed by atoms with Crippen LogP contribution in [-0.2, 0) is 6.42 Å². The maximum Gasteiger partial charge on any atom is 0.120 e. The van der Waals surface area contributed by atoms with Crippen molar-refractivity contribution in [2.75, 3.05) is 6.61 Å². The molecule has 0 radical (unpaired) electrons. The van der Waals surface area contributed by atoms with Crippen LogP contribution in [0.3, 0.4) is 0 Å². The Morgan fingerprint density at radius 2 is 1.86 bits per heavy atom. The van der Waals surface area contributed by atoms with E-state index >= 15 is 0 Å². The van der Waals surface area contributed by atoms with Crippen LogP contribution in [0, 0.1) is 0 Å². The molecule has 0 saturated carbocycles. The molecule has 0 bridgehead atoms. The lowest BCUT2D eigenvalue weighted by Crippen LogP contribution is -1.98. The van der Waals surface area contributed by atoms with Gasteiger partial charge in [0.2, 0.25) is 0 Å². The molecule has 2 aromatic rings. The maximum absolute atomic E-state index is 6.52. The highest BCUT2D eigenvalue weighted by molar-refractivity contribution is 9.10. The van der Waals surface area contributed by atoms with Gasteiger partial charge in [0.1, 0.15) is 5.75 Å². The molecule has 0 aliphatic heterocycles. The summed E-state index contributed by atoms with van der Waals surface area (Å²) in [5.74, 6) is 0.825. The zero-order chi connectivity index (χ0) is 15.4. The summed E-state index contributed by atoms with van der Waals surface area (Å²) in [6, 6.07) is 11.4. The molecular formula is C16H14BrCl3O. The average molecular weight is 409 g/mol. The minimum atomic E-state index is -0.160. The number of ether oxygens (including phenoxy) is 1. The van der Waals surface area contributed by atoms with Crippen LogP contribution < -0.4 is 4.74 Å². The Morgan fingerprint density at radius 3 is 2.48 bits per heavy atom. The zero-order valence-corrected chi connectivity index (χ0v) is 15.2. The Labute approximate surface area is 148 Å². The third kappa shape index (κ3) is 4.53. The second-order valence-electron chi connectivity index (χ2n) is 4.54. The minimum Gasteiger partial charge on any atom is -0.494 e. The van der Waals surface area contributed by atoms with Gasteiger partial charge >= 0.3 is 0 Å². The van der Waals surface area contributed by atoms with Crippen molar-refractivity contribution in [3.8, 4) is 5.75 Å². The first-order valence-electron chi connectivity index (χ1n) is 6.51. The van der Waals surface area contributed by atoms with Crippen molar-refractivity contribution in [1.29, 1.82) is 0 Å². The quantitative estimate of drug-likeness (QED) is 0.502. The van der Waals surface area contributed by atoms with Crippen molar-refractivity contribution in [2.45, 2.75) is 18.7 Å². The van der Waals surface area contributed by atoms with Gasteiger partial charge in [0, 0.05) is 4.47 Å². The van der Waals surface area contributed by atoms with Gasteiger partial charge in [-0.05, 0) is 48.7 Å². The first kappa shape index (κ1) is 17.0. The Bertz CT molecular complexity index is 631. The fraction of sp³-hybridized carbons (Fsp3) is 0.250. The van der Waals surface area contributed by atoms with Crippen LogP contribution in [0.1, 0.15) is 23.4 Å². The van der Waals surface area contributed by atoms with Gasteiger partial charge in [-0.15, -0.1) is 11.6 Å². The number of hydrogen-bond acceptors (Lipinski definition) is 1. The van der Waals surface area contributed by atoms with Crippen LogP contribution in [-0.4, -0.2) is 6.61 Å². The maximum atomic E-state index is 6.52. The van der Waals surface area contributed by atoms with E-state index in [1.807, 2.05) is 37.3 Å². The van der Waals surface area contributed by atoms with E-state index in [2.05, 4.69) is 15.9 Å². The molecule has 0 aromatic heterocycles. The highest BCUT2D eigenvalue weighted by Crippen LogP contribution is 2.34. The van der Waals surface area contributed by atoms with Gasteiger partial charge in [-0.3, -0.25) is 0 Å². The predicted octanol–water partition coefficient (Wildman–Crippen LogP) is 6.68. The molecule has 5 heteroatoms. The highest BCUT2D eigenvalue weighted by Gasteiger charge is 2.14. The van der Waals surface area contributed by atoms with Gasteiger partial charge in [0.25, 0.3) is 0 Å². The molecule has 0 aliphatic rings. The van der Waals surface area contributed by atoms with Gasteiger partial charge in [0.15, 0.2) is 0 Å². The van der Waals surface area contributed by atoms with Gasteiger partial charge in [0.05, 0.1) is 22.0 Å². The summed E-state index contributed by atoms with van der Waals surface area (Å²) in [7, 11) is 0. The summed E-state index contributed by atoms with van der Waals surface area (Å²) in [4.78, 5) is 0. The van der Waals surface area contributed by atoms with Crippen LogP contribution >= 0.6 is 50.7 Å². The van der Waals surface area contributed by atoms with Crippen LogP contribution in [0.5, 0.6) is 5.75 Å². The number of benzene rings is 2. The second-order valence-corrected chi connectivity index (χ2v) is 6.73. The molecule has 2 aromatic carbocycles. The fourth-order valence-corrected chi connectivity index (χ4v) is 3.46. The van der Waals surface area contributed by atoms with Crippen molar-refractivity contribution in [2.24, 2.45) is 0 Å². The van der Waals surface area contributed by atoms with Crippen molar-refractivity contribution in [1.82, 2.24) is 0 Å². The van der Waals surface area contributed by atoms with E-state index in [9.17, 15) is 0 Å². The van der Waals surface area contributed by atoms with E-state index in [0.29, 0.717) is 23.1 Å². The molecule has 0 aliphatic carbocycles. The van der Waals surface area contributed by atoms with E-state index in [4.69, 9.17) is 39.5 Å². The van der Waals surface area contributed by atoms with E-state index < -0.39 is 0 Å². The molecule has 0 spiro atoms. The highest BCUT2D eigenvalue weighted by atomic mass is 79.9. The lowest BCUT2D eigenvalue weighted by Gasteiger charge is -2.14. The molecule has 1 atom stereocenters. The Morgan fingerprint density at radius 1 is 1.10 bits per heavy atom. The SMILES string of the molecule is CCOc1ccc(C(Cl)Cc2ccc(Cl)c(Cl)c2)c(Br)c1. The van der Waals surface area contributed by atoms with E-state index in [-0.39, 0.29) is 5.38 Å². The smallest absolute Gasteiger partial charge is 0.120 e. The molecular weight excluding hydrogens is 394 g/mol. The molecule has 21 heavy (non-hydrogen) atoms. The standard InChI is InChI=1S/C16H14BrCl3O/c1-2-21-11-4-5-12(13(17)9-11)15(19)7-10-3-6-14(18)16(20)8-10/h3-6,8-9,15H,2,7H2,1H3. The van der Waals surface area contributed by atoms with Crippen LogP contribution in [0.4, 0.5) is 0 Å². The lowest BCUT2D eigenvalue weighted by molar-refractivity contribution is 0.340. The molecule has 0 amide bonds. The molecule has 0 saturated heterocycles. The Kier molecular flexibility index (Phi) is 6.24. The third-order valence-electron chi connectivity index (χ3n) is 3.02. The number of halogens is 4. The van der Waals surface area contributed by atoms with Crippen molar-refractivity contribution < 1.29 is 4.74 Å². The first-order valence-corrected chi connectivity index (χ1v) is 8.50. The zero-order valence-electron chi connectivity index (χ0n) is 11.4.